The predicted molar refractivity (Wildman–Crippen MR) is 125 cm³/mol. The van der Waals surface area contributed by atoms with Crippen LogP contribution < -0.4 is 10.6 Å². The fourth-order valence-electron chi connectivity index (χ4n) is 3.62. The van der Waals surface area contributed by atoms with Crippen LogP contribution in [-0.2, 0) is 0 Å². The van der Waals surface area contributed by atoms with Crippen LogP contribution in [0.15, 0.2) is 84.9 Å². The number of para-hydroxylation sites is 2. The molecule has 4 aromatic carbocycles. The summed E-state index contributed by atoms with van der Waals surface area (Å²) < 4.78 is 0. The van der Waals surface area contributed by atoms with E-state index in [0.717, 1.165) is 0 Å². The van der Waals surface area contributed by atoms with Crippen molar-refractivity contribution < 1.29 is 24.3 Å². The Labute approximate surface area is 188 Å². The zero-order chi connectivity index (χ0) is 23.4. The maximum Gasteiger partial charge on any atom is 0.336 e. The average molecular weight is 438 g/mol. The number of fused-ring (bicyclic) bond motifs is 1. The molecule has 0 saturated carbocycles. The van der Waals surface area contributed by atoms with E-state index in [-0.39, 0.29) is 33.0 Å². The molecule has 3 N–H and O–H groups in total. The van der Waals surface area contributed by atoms with Crippen LogP contribution in [-0.4, -0.2) is 29.2 Å². The molecular weight excluding hydrogens is 420 g/mol. The van der Waals surface area contributed by atoms with E-state index in [4.69, 9.17) is 0 Å². The SMILES string of the molecule is O=Cc1ccc(C(=O)Nc2ccccc2)c2c(C(=O)O)ccc(C(=O)Nc3ccccc3)c12. The summed E-state index contributed by atoms with van der Waals surface area (Å²) in [6.07, 6.45) is 0.534. The van der Waals surface area contributed by atoms with Crippen molar-refractivity contribution in [2.75, 3.05) is 10.6 Å². The third kappa shape index (κ3) is 4.33. The van der Waals surface area contributed by atoms with Crippen LogP contribution in [0, 0.1) is 0 Å². The molecule has 0 heterocycles. The molecule has 4 rings (SSSR count). The van der Waals surface area contributed by atoms with Gasteiger partial charge < -0.3 is 15.7 Å². The van der Waals surface area contributed by atoms with Gasteiger partial charge in [0.05, 0.1) is 5.56 Å². The van der Waals surface area contributed by atoms with E-state index in [1.807, 2.05) is 0 Å². The molecule has 0 aliphatic carbocycles. The topological polar surface area (TPSA) is 113 Å². The fourth-order valence-corrected chi connectivity index (χ4v) is 3.62. The molecule has 2 amide bonds. The summed E-state index contributed by atoms with van der Waals surface area (Å²) in [5.74, 6) is -2.38. The number of carbonyl (C=O) groups is 4. The van der Waals surface area contributed by atoms with Gasteiger partial charge in [-0.3, -0.25) is 14.4 Å². The summed E-state index contributed by atoms with van der Waals surface area (Å²) in [6, 6.07) is 22.8. The molecule has 4 aromatic rings. The van der Waals surface area contributed by atoms with Crippen LogP contribution >= 0.6 is 0 Å². The van der Waals surface area contributed by atoms with Gasteiger partial charge >= 0.3 is 5.97 Å². The maximum absolute atomic E-state index is 13.1. The highest BCUT2D eigenvalue weighted by atomic mass is 16.4. The third-order valence-corrected chi connectivity index (χ3v) is 5.10. The summed E-state index contributed by atoms with van der Waals surface area (Å²) in [4.78, 5) is 50.0. The van der Waals surface area contributed by atoms with E-state index < -0.39 is 17.8 Å². The van der Waals surface area contributed by atoms with Gasteiger partial charge in [0.2, 0.25) is 0 Å². The number of anilines is 2. The number of rotatable bonds is 6. The number of hydrogen-bond donors (Lipinski definition) is 3. The second-order valence-electron chi connectivity index (χ2n) is 7.18. The fraction of sp³-hybridized carbons (Fsp3) is 0. The normalized spacial score (nSPS) is 10.4. The molecule has 162 valence electrons. The number of hydrogen-bond acceptors (Lipinski definition) is 4. The monoisotopic (exact) mass is 438 g/mol. The zero-order valence-electron chi connectivity index (χ0n) is 17.2. The molecule has 7 heteroatoms. The van der Waals surface area contributed by atoms with Crippen molar-refractivity contribution in [3.8, 4) is 0 Å². The Morgan fingerprint density at radius 1 is 0.606 bits per heavy atom. The summed E-state index contributed by atoms with van der Waals surface area (Å²) >= 11 is 0. The summed E-state index contributed by atoms with van der Waals surface area (Å²) in [5.41, 5.74) is 1.07. The van der Waals surface area contributed by atoms with Gasteiger partial charge in [-0.25, -0.2) is 4.79 Å². The van der Waals surface area contributed by atoms with Gasteiger partial charge in [0.15, 0.2) is 6.29 Å². The highest BCUT2D eigenvalue weighted by Gasteiger charge is 2.23. The van der Waals surface area contributed by atoms with Gasteiger partial charge in [0, 0.05) is 38.8 Å². The number of benzene rings is 4. The molecule has 0 atom stereocenters. The van der Waals surface area contributed by atoms with Crippen molar-refractivity contribution in [1.82, 2.24) is 0 Å². The van der Waals surface area contributed by atoms with E-state index >= 15 is 0 Å². The van der Waals surface area contributed by atoms with Crippen molar-refractivity contribution in [2.24, 2.45) is 0 Å². The lowest BCUT2D eigenvalue weighted by atomic mass is 9.91. The van der Waals surface area contributed by atoms with Crippen molar-refractivity contribution in [3.63, 3.8) is 0 Å². The Balaban J connectivity index is 1.90. The van der Waals surface area contributed by atoms with Gasteiger partial charge in [0.1, 0.15) is 0 Å². The lowest BCUT2D eigenvalue weighted by molar-refractivity contribution is 0.0698. The Bertz CT molecular complexity index is 1380. The molecule has 0 unspecified atom stereocenters. The van der Waals surface area contributed by atoms with Gasteiger partial charge in [0.25, 0.3) is 11.8 Å². The van der Waals surface area contributed by atoms with Crippen LogP contribution in [0.5, 0.6) is 0 Å². The first-order valence-corrected chi connectivity index (χ1v) is 10.0. The molecule has 0 fully saturated rings. The summed E-state index contributed by atoms with van der Waals surface area (Å²) in [7, 11) is 0. The minimum atomic E-state index is -1.29. The summed E-state index contributed by atoms with van der Waals surface area (Å²) in [5, 5.41) is 15.4. The molecule has 0 bridgehead atoms. The number of carboxylic acids is 1. The molecule has 0 aliphatic rings. The molecule has 0 aliphatic heterocycles. The standard InChI is InChI=1S/C26H18N2O5/c29-15-16-11-12-20(25(31)28-18-9-5-2-6-10-18)23-21(26(32)33)14-13-19(22(16)23)24(30)27-17-7-3-1-4-8-17/h1-15H,(H,27,30)(H,28,31)(H,32,33). The highest BCUT2D eigenvalue weighted by Crippen LogP contribution is 2.31. The second-order valence-corrected chi connectivity index (χ2v) is 7.18. The van der Waals surface area contributed by atoms with E-state index in [1.54, 1.807) is 60.7 Å². The Kier molecular flexibility index (Phi) is 5.95. The minimum Gasteiger partial charge on any atom is -0.478 e. The molecule has 33 heavy (non-hydrogen) atoms. The maximum atomic E-state index is 13.1. The zero-order valence-corrected chi connectivity index (χ0v) is 17.2. The van der Waals surface area contributed by atoms with E-state index in [1.165, 1.54) is 24.3 Å². The van der Waals surface area contributed by atoms with Crippen LogP contribution in [0.4, 0.5) is 11.4 Å². The first-order chi connectivity index (χ1) is 16.0. The number of nitrogens with one attached hydrogen (secondary N) is 2. The first kappa shape index (κ1) is 21.5. The number of carbonyl (C=O) groups excluding carboxylic acids is 3. The lowest BCUT2D eigenvalue weighted by Crippen LogP contribution is -2.17. The number of carboxylic acid groups (broad SMARTS) is 1. The molecule has 7 nitrogen and oxygen atoms in total. The van der Waals surface area contributed by atoms with E-state index in [2.05, 4.69) is 10.6 Å². The van der Waals surface area contributed by atoms with Crippen molar-refractivity contribution >= 4 is 46.2 Å². The Hall–Kier alpha value is -4.78. The number of aromatic carboxylic acids is 1. The molecule has 0 radical (unpaired) electrons. The summed E-state index contributed by atoms with van der Waals surface area (Å²) in [6.45, 7) is 0. The predicted octanol–water partition coefficient (Wildman–Crippen LogP) is 4.86. The largest absolute Gasteiger partial charge is 0.478 e. The first-order valence-electron chi connectivity index (χ1n) is 10.0. The van der Waals surface area contributed by atoms with Crippen molar-refractivity contribution in [2.45, 2.75) is 0 Å². The highest BCUT2D eigenvalue weighted by molar-refractivity contribution is 6.25. The molecule has 0 saturated heterocycles. The smallest absolute Gasteiger partial charge is 0.336 e. The number of amides is 2. The van der Waals surface area contributed by atoms with Gasteiger partial charge in [-0.2, -0.15) is 0 Å². The van der Waals surface area contributed by atoms with Crippen molar-refractivity contribution in [3.05, 3.63) is 107 Å². The molecule has 0 aromatic heterocycles. The Morgan fingerprint density at radius 2 is 1.06 bits per heavy atom. The minimum absolute atomic E-state index is 0.0150. The second kappa shape index (κ2) is 9.15. The molecule has 0 spiro atoms. The van der Waals surface area contributed by atoms with E-state index in [0.29, 0.717) is 17.7 Å². The Morgan fingerprint density at radius 3 is 1.55 bits per heavy atom. The lowest BCUT2D eigenvalue weighted by Gasteiger charge is -2.15. The van der Waals surface area contributed by atoms with Gasteiger partial charge in [-0.15, -0.1) is 0 Å². The third-order valence-electron chi connectivity index (χ3n) is 5.10. The van der Waals surface area contributed by atoms with Crippen LogP contribution in [0.2, 0.25) is 0 Å². The van der Waals surface area contributed by atoms with Crippen molar-refractivity contribution in [1.29, 1.82) is 0 Å². The van der Waals surface area contributed by atoms with Crippen LogP contribution in [0.1, 0.15) is 41.4 Å². The molecular formula is C26H18N2O5. The van der Waals surface area contributed by atoms with E-state index in [9.17, 15) is 24.3 Å². The van der Waals surface area contributed by atoms with Crippen LogP contribution in [0.25, 0.3) is 10.8 Å². The van der Waals surface area contributed by atoms with Gasteiger partial charge in [-0.1, -0.05) is 42.5 Å². The number of aldehydes is 1. The quantitative estimate of drug-likeness (QED) is 0.372. The van der Waals surface area contributed by atoms with Crippen LogP contribution in [0.3, 0.4) is 0 Å². The van der Waals surface area contributed by atoms with Gasteiger partial charge in [-0.05, 0) is 42.5 Å². The average Bonchev–Trinajstić information content (AvgIpc) is 2.83.